The van der Waals surface area contributed by atoms with Crippen molar-refractivity contribution in [3.63, 3.8) is 0 Å². The number of amidine groups is 1. The van der Waals surface area contributed by atoms with Crippen LogP contribution in [0, 0.1) is 0 Å². The molecule has 0 aliphatic carbocycles. The van der Waals surface area contributed by atoms with Crippen LogP contribution in [0.25, 0.3) is 0 Å². The van der Waals surface area contributed by atoms with E-state index in [9.17, 15) is 4.79 Å². The molecule has 3 aromatic carbocycles. The molecule has 5 rings (SSSR count). The quantitative estimate of drug-likeness (QED) is 0.366. The van der Waals surface area contributed by atoms with Crippen LogP contribution in [0.4, 0.5) is 11.4 Å². The van der Waals surface area contributed by atoms with Crippen LogP contribution in [0.3, 0.4) is 0 Å². The lowest BCUT2D eigenvalue weighted by atomic mass is 10.1. The lowest BCUT2D eigenvalue weighted by Crippen LogP contribution is -2.31. The Bertz CT molecular complexity index is 1290. The van der Waals surface area contributed by atoms with Crippen LogP contribution in [-0.2, 0) is 11.2 Å². The van der Waals surface area contributed by atoms with Crippen molar-refractivity contribution in [1.29, 1.82) is 0 Å². The first-order chi connectivity index (χ1) is 16.5. The molecule has 1 fully saturated rings. The van der Waals surface area contributed by atoms with Gasteiger partial charge < -0.3 is 9.64 Å². The van der Waals surface area contributed by atoms with E-state index in [2.05, 4.69) is 12.1 Å². The molecule has 1 saturated heterocycles. The number of thioether (sulfide) groups is 2. The summed E-state index contributed by atoms with van der Waals surface area (Å²) in [6.45, 7) is 0.550. The molecule has 1 amide bonds. The number of carbonyl (C=O) groups is 1. The Hall–Kier alpha value is -2.87. The molecule has 2 heterocycles. The Kier molecular flexibility index (Phi) is 6.59. The molecule has 172 valence electrons. The first-order valence-corrected chi connectivity index (χ1v) is 12.8. The fourth-order valence-corrected chi connectivity index (χ4v) is 6.30. The van der Waals surface area contributed by atoms with Gasteiger partial charge in [0.05, 0.1) is 23.5 Å². The second kappa shape index (κ2) is 9.78. The molecule has 0 spiro atoms. The largest absolute Gasteiger partial charge is 0.497 e. The van der Waals surface area contributed by atoms with Gasteiger partial charge >= 0.3 is 0 Å². The SMILES string of the molecule is COc1ccc(N=C2SC(=C3Sc4ccc(Cl)cc4N3C)C(=O)N2CCc2ccccc2)cc1. The van der Waals surface area contributed by atoms with E-state index in [1.807, 2.05) is 72.6 Å². The third-order valence-electron chi connectivity index (χ3n) is 5.62. The van der Waals surface area contributed by atoms with Gasteiger partial charge in [0.2, 0.25) is 0 Å². The highest BCUT2D eigenvalue weighted by molar-refractivity contribution is 8.19. The van der Waals surface area contributed by atoms with Crippen molar-refractivity contribution in [3.8, 4) is 5.75 Å². The number of carbonyl (C=O) groups excluding carboxylic acids is 1. The third-order valence-corrected chi connectivity index (χ3v) is 8.28. The van der Waals surface area contributed by atoms with E-state index in [0.717, 1.165) is 33.5 Å². The molecule has 0 saturated carbocycles. The maximum absolute atomic E-state index is 13.7. The Morgan fingerprint density at radius 2 is 1.76 bits per heavy atom. The van der Waals surface area contributed by atoms with Crippen LogP contribution in [0.15, 0.2) is 92.6 Å². The number of ether oxygens (including phenoxy) is 1. The smallest absolute Gasteiger partial charge is 0.269 e. The Balaban J connectivity index is 1.49. The minimum absolute atomic E-state index is 0.0264. The standard InChI is InChI=1S/C26H22ClN3O2S2/c1-29-21-16-18(27)8-13-22(21)33-25(29)23-24(31)30(15-14-17-6-4-3-5-7-17)26(34-23)28-19-9-11-20(32-2)12-10-19/h3-13,16H,14-15H2,1-2H3. The number of nitrogens with zero attached hydrogens (tertiary/aromatic N) is 3. The highest BCUT2D eigenvalue weighted by Crippen LogP contribution is 2.50. The first-order valence-electron chi connectivity index (χ1n) is 10.8. The predicted octanol–water partition coefficient (Wildman–Crippen LogP) is 6.57. The van der Waals surface area contributed by atoms with Crippen molar-refractivity contribution in [2.45, 2.75) is 11.3 Å². The van der Waals surface area contributed by atoms with Crippen LogP contribution in [0.2, 0.25) is 5.02 Å². The van der Waals surface area contributed by atoms with Gasteiger partial charge in [0.1, 0.15) is 10.7 Å². The summed E-state index contributed by atoms with van der Waals surface area (Å²) in [4.78, 5) is 24.1. The minimum atomic E-state index is -0.0264. The van der Waals surface area contributed by atoms with Crippen molar-refractivity contribution in [3.05, 3.63) is 93.3 Å². The van der Waals surface area contributed by atoms with E-state index in [-0.39, 0.29) is 5.91 Å². The van der Waals surface area contributed by atoms with Crippen LogP contribution in [0.1, 0.15) is 5.56 Å². The number of halogens is 1. The Morgan fingerprint density at radius 3 is 2.50 bits per heavy atom. The lowest BCUT2D eigenvalue weighted by molar-refractivity contribution is -0.122. The fourth-order valence-electron chi connectivity index (χ4n) is 3.79. The van der Waals surface area contributed by atoms with E-state index in [1.54, 1.807) is 23.8 Å². The van der Waals surface area contributed by atoms with Crippen LogP contribution >= 0.6 is 35.1 Å². The van der Waals surface area contributed by atoms with Gasteiger partial charge in [0, 0.05) is 23.5 Å². The van der Waals surface area contributed by atoms with E-state index in [0.29, 0.717) is 21.6 Å². The van der Waals surface area contributed by atoms with Gasteiger partial charge in [-0.2, -0.15) is 0 Å². The molecule has 8 heteroatoms. The van der Waals surface area contributed by atoms with Gasteiger partial charge in [-0.1, -0.05) is 53.7 Å². The molecule has 0 atom stereocenters. The van der Waals surface area contributed by atoms with Gasteiger partial charge in [-0.3, -0.25) is 9.69 Å². The molecular weight excluding hydrogens is 486 g/mol. The number of hydrogen-bond donors (Lipinski definition) is 0. The molecule has 0 bridgehead atoms. The molecule has 0 radical (unpaired) electrons. The normalized spacial score (nSPS) is 18.7. The second-order valence-corrected chi connectivity index (χ2v) is 10.2. The summed E-state index contributed by atoms with van der Waals surface area (Å²) in [6.07, 6.45) is 0.746. The summed E-state index contributed by atoms with van der Waals surface area (Å²) in [7, 11) is 3.61. The molecular formula is C26H22ClN3O2S2. The second-order valence-electron chi connectivity index (χ2n) is 7.79. The average molecular weight is 508 g/mol. The molecule has 0 aromatic heterocycles. The number of benzene rings is 3. The van der Waals surface area contributed by atoms with E-state index >= 15 is 0 Å². The Morgan fingerprint density at radius 1 is 1.00 bits per heavy atom. The zero-order chi connectivity index (χ0) is 23.7. The van der Waals surface area contributed by atoms with Crippen LogP contribution in [-0.4, -0.2) is 36.7 Å². The van der Waals surface area contributed by atoms with E-state index in [1.165, 1.54) is 17.3 Å². The van der Waals surface area contributed by atoms with Crippen molar-refractivity contribution >= 4 is 57.6 Å². The molecule has 2 aliphatic heterocycles. The average Bonchev–Trinajstić information content (AvgIpc) is 3.34. The number of fused-ring (bicyclic) bond motifs is 1. The number of aliphatic imine (C=N–C) groups is 1. The van der Waals surface area contributed by atoms with Crippen LogP contribution < -0.4 is 9.64 Å². The number of rotatable bonds is 5. The van der Waals surface area contributed by atoms with Gasteiger partial charge in [0.15, 0.2) is 5.17 Å². The Labute approximate surface area is 212 Å². The summed E-state index contributed by atoms with van der Waals surface area (Å²) < 4.78 is 5.26. The lowest BCUT2D eigenvalue weighted by Gasteiger charge is -2.17. The van der Waals surface area contributed by atoms with E-state index < -0.39 is 0 Å². The van der Waals surface area contributed by atoms with Gasteiger partial charge in [-0.05, 0) is 66.2 Å². The van der Waals surface area contributed by atoms with Crippen molar-refractivity contribution in [1.82, 2.24) is 4.90 Å². The predicted molar refractivity (Wildman–Crippen MR) is 142 cm³/mol. The summed E-state index contributed by atoms with van der Waals surface area (Å²) in [5, 5.41) is 2.25. The maximum Gasteiger partial charge on any atom is 0.269 e. The summed E-state index contributed by atoms with van der Waals surface area (Å²) in [5.41, 5.74) is 2.96. The minimum Gasteiger partial charge on any atom is -0.497 e. The van der Waals surface area contributed by atoms with E-state index in [4.69, 9.17) is 21.3 Å². The molecule has 2 aliphatic rings. The molecule has 5 nitrogen and oxygen atoms in total. The number of anilines is 1. The van der Waals surface area contributed by atoms with Gasteiger partial charge in [-0.15, -0.1) is 0 Å². The summed E-state index contributed by atoms with van der Waals surface area (Å²) in [5.74, 6) is 0.740. The van der Waals surface area contributed by atoms with Gasteiger partial charge in [-0.25, -0.2) is 4.99 Å². The van der Waals surface area contributed by atoms with Gasteiger partial charge in [0.25, 0.3) is 5.91 Å². The van der Waals surface area contributed by atoms with Crippen molar-refractivity contribution in [2.75, 3.05) is 25.6 Å². The monoisotopic (exact) mass is 507 g/mol. The zero-order valence-electron chi connectivity index (χ0n) is 18.7. The molecule has 0 N–H and O–H groups in total. The fraction of sp³-hybridized carbons (Fsp3) is 0.154. The number of hydrogen-bond acceptors (Lipinski definition) is 6. The number of methoxy groups -OCH3 is 1. The third kappa shape index (κ3) is 4.56. The first kappa shape index (κ1) is 22.9. The topological polar surface area (TPSA) is 45.1 Å². The highest BCUT2D eigenvalue weighted by atomic mass is 35.5. The van der Waals surface area contributed by atoms with Crippen molar-refractivity contribution < 1.29 is 9.53 Å². The molecule has 0 unspecified atom stereocenters. The summed E-state index contributed by atoms with van der Waals surface area (Å²) >= 11 is 9.23. The highest BCUT2D eigenvalue weighted by Gasteiger charge is 2.39. The molecule has 3 aromatic rings. The zero-order valence-corrected chi connectivity index (χ0v) is 21.1. The van der Waals surface area contributed by atoms with Crippen LogP contribution in [0.5, 0.6) is 5.75 Å². The molecule has 34 heavy (non-hydrogen) atoms. The van der Waals surface area contributed by atoms with Crippen molar-refractivity contribution in [2.24, 2.45) is 4.99 Å². The maximum atomic E-state index is 13.7. The number of amides is 1. The summed E-state index contributed by atoms with van der Waals surface area (Å²) in [6, 6.07) is 23.5.